The van der Waals surface area contributed by atoms with Gasteiger partial charge < -0.3 is 19.5 Å². The highest BCUT2D eigenvalue weighted by molar-refractivity contribution is 5.99. The number of nitrogens with one attached hydrogen (secondary N) is 1. The van der Waals surface area contributed by atoms with Crippen molar-refractivity contribution in [2.45, 2.75) is 13.0 Å². The third-order valence-electron chi connectivity index (χ3n) is 4.21. The molecule has 2 rings (SSSR count). The highest BCUT2D eigenvalue weighted by Gasteiger charge is 2.25. The number of aryl methyl sites for hydroxylation is 1. The summed E-state index contributed by atoms with van der Waals surface area (Å²) < 4.78 is 15.7. The maximum Gasteiger partial charge on any atom is 0.286 e. The number of amides is 1. The van der Waals surface area contributed by atoms with Crippen LogP contribution in [0.25, 0.3) is 0 Å². The molecule has 8 nitrogen and oxygen atoms in total. The number of ether oxygens (including phenoxy) is 3. The Morgan fingerprint density at radius 2 is 1.78 bits per heavy atom. The normalized spacial score (nSPS) is 11.6. The summed E-state index contributed by atoms with van der Waals surface area (Å²) in [6.45, 7) is 2.11. The van der Waals surface area contributed by atoms with Crippen molar-refractivity contribution in [3.63, 3.8) is 0 Å². The van der Waals surface area contributed by atoms with Crippen molar-refractivity contribution in [1.82, 2.24) is 5.32 Å². The van der Waals surface area contributed by atoms with Crippen LogP contribution >= 0.6 is 0 Å². The van der Waals surface area contributed by atoms with E-state index in [0.717, 1.165) is 11.1 Å². The zero-order valence-electron chi connectivity index (χ0n) is 15.6. The first-order valence-electron chi connectivity index (χ1n) is 8.19. The number of carbonyl (C=O) groups is 1. The summed E-state index contributed by atoms with van der Waals surface area (Å²) in [5, 5.41) is 14.1. The van der Waals surface area contributed by atoms with E-state index in [1.165, 1.54) is 26.4 Å². The van der Waals surface area contributed by atoms with Gasteiger partial charge in [0.05, 0.1) is 31.3 Å². The molecular weight excluding hydrogens is 352 g/mol. The highest BCUT2D eigenvalue weighted by Crippen LogP contribution is 2.34. The molecule has 0 aliphatic heterocycles. The average molecular weight is 374 g/mol. The summed E-state index contributed by atoms with van der Waals surface area (Å²) in [4.78, 5) is 23.3. The van der Waals surface area contributed by atoms with Crippen molar-refractivity contribution >= 4 is 11.6 Å². The first kappa shape index (κ1) is 20.2. The Morgan fingerprint density at radius 1 is 1.15 bits per heavy atom. The van der Waals surface area contributed by atoms with Crippen LogP contribution in [0.4, 0.5) is 5.69 Å². The summed E-state index contributed by atoms with van der Waals surface area (Å²) in [5.74, 6) is -0.191. The molecule has 1 atom stereocenters. The van der Waals surface area contributed by atoms with Gasteiger partial charge in [-0.05, 0) is 18.1 Å². The van der Waals surface area contributed by atoms with Gasteiger partial charge in [-0.1, -0.05) is 24.3 Å². The SMILES string of the molecule is COc1cc(C(=O)NCC(OC)c2ccccc2C)c([N+](=O)[O-])cc1OC. The summed E-state index contributed by atoms with van der Waals surface area (Å²) in [6.07, 6.45) is -0.380. The van der Waals surface area contributed by atoms with Gasteiger partial charge in [0.15, 0.2) is 11.5 Å². The molecule has 1 N–H and O–H groups in total. The summed E-state index contributed by atoms with van der Waals surface area (Å²) in [5.41, 5.74) is 1.48. The minimum Gasteiger partial charge on any atom is -0.493 e. The Bertz CT molecular complexity index is 837. The maximum atomic E-state index is 12.6. The zero-order valence-corrected chi connectivity index (χ0v) is 15.6. The van der Waals surface area contributed by atoms with Crippen molar-refractivity contribution in [3.05, 3.63) is 63.2 Å². The van der Waals surface area contributed by atoms with Gasteiger partial charge in [-0.3, -0.25) is 14.9 Å². The molecule has 0 aliphatic rings. The molecule has 8 heteroatoms. The fraction of sp³-hybridized carbons (Fsp3) is 0.316. The smallest absolute Gasteiger partial charge is 0.286 e. The number of rotatable bonds is 8. The molecule has 0 saturated carbocycles. The van der Waals surface area contributed by atoms with Gasteiger partial charge in [0.1, 0.15) is 5.56 Å². The summed E-state index contributed by atoms with van der Waals surface area (Å²) in [7, 11) is 4.30. The van der Waals surface area contributed by atoms with Gasteiger partial charge in [-0.15, -0.1) is 0 Å². The highest BCUT2D eigenvalue weighted by atomic mass is 16.6. The lowest BCUT2D eigenvalue weighted by atomic mass is 10.0. The Hall–Kier alpha value is -3.13. The maximum absolute atomic E-state index is 12.6. The first-order valence-corrected chi connectivity index (χ1v) is 8.19. The summed E-state index contributed by atoms with van der Waals surface area (Å²) in [6, 6.07) is 10.1. The van der Waals surface area contributed by atoms with E-state index in [2.05, 4.69) is 5.32 Å². The molecule has 0 fully saturated rings. The van der Waals surface area contributed by atoms with Crippen molar-refractivity contribution in [2.24, 2.45) is 0 Å². The average Bonchev–Trinajstić information content (AvgIpc) is 2.68. The Morgan fingerprint density at radius 3 is 2.33 bits per heavy atom. The van der Waals surface area contributed by atoms with Crippen LogP contribution in [0.3, 0.4) is 0 Å². The van der Waals surface area contributed by atoms with Gasteiger partial charge in [0.2, 0.25) is 0 Å². The number of benzene rings is 2. The van der Waals surface area contributed by atoms with Gasteiger partial charge in [0.25, 0.3) is 11.6 Å². The number of nitrogens with zero attached hydrogens (tertiary/aromatic N) is 1. The predicted molar refractivity (Wildman–Crippen MR) is 99.5 cm³/mol. The summed E-state index contributed by atoms with van der Waals surface area (Å²) >= 11 is 0. The molecule has 0 radical (unpaired) electrons. The van der Waals surface area contributed by atoms with E-state index in [0.29, 0.717) is 0 Å². The number of nitro benzene ring substituents is 1. The second-order valence-electron chi connectivity index (χ2n) is 5.77. The lowest BCUT2D eigenvalue weighted by Gasteiger charge is -2.19. The molecule has 1 unspecified atom stereocenters. The molecule has 2 aromatic rings. The number of hydrogen-bond donors (Lipinski definition) is 1. The number of nitro groups is 1. The van der Waals surface area contributed by atoms with Gasteiger partial charge in [0, 0.05) is 19.7 Å². The van der Waals surface area contributed by atoms with Gasteiger partial charge in [-0.25, -0.2) is 0 Å². The Labute approximate surface area is 157 Å². The van der Waals surface area contributed by atoms with Crippen LogP contribution in [0.15, 0.2) is 36.4 Å². The van der Waals surface area contributed by atoms with E-state index < -0.39 is 10.8 Å². The van der Waals surface area contributed by atoms with Crippen LogP contribution in [0, 0.1) is 17.0 Å². The van der Waals surface area contributed by atoms with Crippen molar-refractivity contribution in [3.8, 4) is 11.5 Å². The van der Waals surface area contributed by atoms with Crippen LogP contribution in [-0.2, 0) is 4.74 Å². The molecule has 1 amide bonds. The monoisotopic (exact) mass is 374 g/mol. The van der Waals surface area contributed by atoms with E-state index in [1.54, 1.807) is 7.11 Å². The molecule has 27 heavy (non-hydrogen) atoms. The third kappa shape index (κ3) is 4.53. The van der Waals surface area contributed by atoms with E-state index in [1.807, 2.05) is 31.2 Å². The lowest BCUT2D eigenvalue weighted by Crippen LogP contribution is -2.30. The van der Waals surface area contributed by atoms with E-state index in [-0.39, 0.29) is 35.4 Å². The van der Waals surface area contributed by atoms with Crippen LogP contribution in [0.5, 0.6) is 11.5 Å². The number of hydrogen-bond acceptors (Lipinski definition) is 6. The van der Waals surface area contributed by atoms with Crippen molar-refractivity contribution in [2.75, 3.05) is 27.9 Å². The Kier molecular flexibility index (Phi) is 6.73. The topological polar surface area (TPSA) is 99.9 Å². The second-order valence-corrected chi connectivity index (χ2v) is 5.77. The van der Waals surface area contributed by atoms with Crippen molar-refractivity contribution in [1.29, 1.82) is 0 Å². The molecule has 144 valence electrons. The standard InChI is InChI=1S/C19H22N2O6/c1-12-7-5-6-8-13(12)18(27-4)11-20-19(22)14-9-16(25-2)17(26-3)10-15(14)21(23)24/h5-10,18H,11H2,1-4H3,(H,20,22). The predicted octanol–water partition coefficient (Wildman–Crippen LogP) is 3.04. The molecule has 2 aromatic carbocycles. The minimum atomic E-state index is -0.633. The van der Waals surface area contributed by atoms with E-state index in [9.17, 15) is 14.9 Å². The second kappa shape index (κ2) is 9.00. The molecule has 0 saturated heterocycles. The fourth-order valence-electron chi connectivity index (χ4n) is 2.75. The molecule has 0 bridgehead atoms. The molecule has 0 spiro atoms. The van der Waals surface area contributed by atoms with Crippen LogP contribution < -0.4 is 14.8 Å². The molecular formula is C19H22N2O6. The third-order valence-corrected chi connectivity index (χ3v) is 4.21. The van der Waals surface area contributed by atoms with Crippen LogP contribution in [0.1, 0.15) is 27.6 Å². The molecule has 0 aliphatic carbocycles. The lowest BCUT2D eigenvalue weighted by molar-refractivity contribution is -0.385. The first-order chi connectivity index (χ1) is 12.9. The Balaban J connectivity index is 2.27. The number of methoxy groups -OCH3 is 3. The minimum absolute atomic E-state index is 0.114. The quantitative estimate of drug-likeness (QED) is 0.563. The van der Waals surface area contributed by atoms with Crippen LogP contribution in [0.2, 0.25) is 0 Å². The fourth-order valence-corrected chi connectivity index (χ4v) is 2.75. The van der Waals surface area contributed by atoms with Crippen molar-refractivity contribution < 1.29 is 23.9 Å². The zero-order chi connectivity index (χ0) is 20.0. The number of carbonyl (C=O) groups excluding carboxylic acids is 1. The molecule has 0 heterocycles. The van der Waals surface area contributed by atoms with Gasteiger partial charge in [-0.2, -0.15) is 0 Å². The largest absolute Gasteiger partial charge is 0.493 e. The van der Waals surface area contributed by atoms with Crippen LogP contribution in [-0.4, -0.2) is 38.7 Å². The van der Waals surface area contributed by atoms with E-state index >= 15 is 0 Å². The van der Waals surface area contributed by atoms with Gasteiger partial charge >= 0.3 is 0 Å². The van der Waals surface area contributed by atoms with E-state index in [4.69, 9.17) is 14.2 Å². The molecule has 0 aromatic heterocycles.